The van der Waals surface area contributed by atoms with Gasteiger partial charge < -0.3 is 19.6 Å². The van der Waals surface area contributed by atoms with Crippen LogP contribution in [-0.4, -0.2) is 30.8 Å². The standard InChI is InChI=1S/C12H19NO4/c1-9(2)8-16-6-4-13-7-10-3-5-17-11(10)12(14)15/h3,5,9,13H,4,6-8H2,1-2H3,(H,14,15). The van der Waals surface area contributed by atoms with Gasteiger partial charge in [0.1, 0.15) is 0 Å². The Morgan fingerprint density at radius 2 is 2.35 bits per heavy atom. The fourth-order valence-corrected chi connectivity index (χ4v) is 1.35. The second-order valence-electron chi connectivity index (χ2n) is 4.23. The molecular formula is C12H19NO4. The highest BCUT2D eigenvalue weighted by Crippen LogP contribution is 2.09. The molecule has 0 aliphatic carbocycles. The lowest BCUT2D eigenvalue weighted by atomic mass is 10.2. The maximum absolute atomic E-state index is 10.7. The zero-order valence-electron chi connectivity index (χ0n) is 10.2. The monoisotopic (exact) mass is 241 g/mol. The molecule has 0 amide bonds. The molecule has 1 aromatic heterocycles. The number of aromatic carboxylic acids is 1. The summed E-state index contributed by atoms with van der Waals surface area (Å²) in [7, 11) is 0. The van der Waals surface area contributed by atoms with E-state index in [1.54, 1.807) is 6.07 Å². The lowest BCUT2D eigenvalue weighted by Gasteiger charge is -2.07. The van der Waals surface area contributed by atoms with Crippen molar-refractivity contribution in [2.75, 3.05) is 19.8 Å². The van der Waals surface area contributed by atoms with Crippen molar-refractivity contribution in [1.29, 1.82) is 0 Å². The maximum atomic E-state index is 10.7. The number of nitrogens with one attached hydrogen (secondary N) is 1. The van der Waals surface area contributed by atoms with Gasteiger partial charge in [-0.2, -0.15) is 0 Å². The van der Waals surface area contributed by atoms with Gasteiger partial charge in [0.25, 0.3) is 0 Å². The summed E-state index contributed by atoms with van der Waals surface area (Å²) in [5.41, 5.74) is 0.654. The molecule has 0 atom stereocenters. The minimum atomic E-state index is -1.04. The molecule has 0 saturated heterocycles. The van der Waals surface area contributed by atoms with Crippen LogP contribution in [0.1, 0.15) is 30.0 Å². The van der Waals surface area contributed by atoms with Crippen molar-refractivity contribution in [3.8, 4) is 0 Å². The molecule has 1 rings (SSSR count). The first-order chi connectivity index (χ1) is 8.11. The topological polar surface area (TPSA) is 71.7 Å². The second kappa shape index (κ2) is 7.09. The molecule has 0 bridgehead atoms. The summed E-state index contributed by atoms with van der Waals surface area (Å²) in [6.07, 6.45) is 1.38. The van der Waals surface area contributed by atoms with E-state index in [9.17, 15) is 4.79 Å². The Balaban J connectivity index is 2.18. The van der Waals surface area contributed by atoms with E-state index in [1.165, 1.54) is 6.26 Å². The Morgan fingerprint density at radius 3 is 3.00 bits per heavy atom. The molecule has 1 heterocycles. The number of carboxylic acid groups (broad SMARTS) is 1. The number of carboxylic acids is 1. The fourth-order valence-electron chi connectivity index (χ4n) is 1.35. The number of hydrogen-bond acceptors (Lipinski definition) is 4. The van der Waals surface area contributed by atoms with Crippen LogP contribution in [-0.2, 0) is 11.3 Å². The molecule has 0 unspecified atom stereocenters. The van der Waals surface area contributed by atoms with Gasteiger partial charge in [0.2, 0.25) is 5.76 Å². The van der Waals surface area contributed by atoms with Crippen LogP contribution in [0.2, 0.25) is 0 Å². The molecule has 96 valence electrons. The first-order valence-corrected chi connectivity index (χ1v) is 5.69. The summed E-state index contributed by atoms with van der Waals surface area (Å²) in [5.74, 6) is -0.508. The summed E-state index contributed by atoms with van der Waals surface area (Å²) in [4.78, 5) is 10.7. The minimum Gasteiger partial charge on any atom is -0.475 e. The normalized spacial score (nSPS) is 11.0. The Labute approximate surface area is 101 Å². The molecule has 17 heavy (non-hydrogen) atoms. The molecular weight excluding hydrogens is 222 g/mol. The number of hydrogen-bond donors (Lipinski definition) is 2. The van der Waals surface area contributed by atoms with Crippen molar-refractivity contribution in [2.45, 2.75) is 20.4 Å². The number of carbonyl (C=O) groups is 1. The molecule has 0 aromatic carbocycles. The lowest BCUT2D eigenvalue weighted by Crippen LogP contribution is -2.21. The van der Waals surface area contributed by atoms with Gasteiger partial charge >= 0.3 is 5.97 Å². The minimum absolute atomic E-state index is 0.000554. The van der Waals surface area contributed by atoms with Crippen LogP contribution in [0.15, 0.2) is 16.7 Å². The van der Waals surface area contributed by atoms with Crippen LogP contribution in [0.3, 0.4) is 0 Å². The average molecular weight is 241 g/mol. The predicted octanol–water partition coefficient (Wildman–Crippen LogP) is 1.74. The van der Waals surface area contributed by atoms with Crippen molar-refractivity contribution in [3.05, 3.63) is 23.7 Å². The van der Waals surface area contributed by atoms with Gasteiger partial charge in [-0.15, -0.1) is 0 Å². The second-order valence-corrected chi connectivity index (χ2v) is 4.23. The van der Waals surface area contributed by atoms with Crippen molar-refractivity contribution in [2.24, 2.45) is 5.92 Å². The third-order valence-corrected chi connectivity index (χ3v) is 2.13. The van der Waals surface area contributed by atoms with E-state index in [0.29, 0.717) is 31.2 Å². The van der Waals surface area contributed by atoms with Gasteiger partial charge in [-0.25, -0.2) is 4.79 Å². The Kier molecular flexibility index (Phi) is 5.72. The number of ether oxygens (including phenoxy) is 1. The fraction of sp³-hybridized carbons (Fsp3) is 0.583. The van der Waals surface area contributed by atoms with E-state index < -0.39 is 5.97 Å². The molecule has 5 nitrogen and oxygen atoms in total. The van der Waals surface area contributed by atoms with E-state index in [-0.39, 0.29) is 5.76 Å². The first-order valence-electron chi connectivity index (χ1n) is 5.69. The smallest absolute Gasteiger partial charge is 0.372 e. The maximum Gasteiger partial charge on any atom is 0.372 e. The van der Waals surface area contributed by atoms with E-state index >= 15 is 0 Å². The van der Waals surface area contributed by atoms with E-state index in [0.717, 1.165) is 6.61 Å². The van der Waals surface area contributed by atoms with Crippen molar-refractivity contribution >= 4 is 5.97 Å². The zero-order chi connectivity index (χ0) is 12.7. The average Bonchev–Trinajstić information content (AvgIpc) is 2.71. The predicted molar refractivity (Wildman–Crippen MR) is 63.0 cm³/mol. The summed E-state index contributed by atoms with van der Waals surface area (Å²) in [6, 6.07) is 1.66. The molecule has 5 heteroatoms. The van der Waals surface area contributed by atoms with E-state index in [1.807, 2.05) is 0 Å². The van der Waals surface area contributed by atoms with E-state index in [4.69, 9.17) is 14.3 Å². The third kappa shape index (κ3) is 5.01. The zero-order valence-corrected chi connectivity index (χ0v) is 10.2. The van der Waals surface area contributed by atoms with Crippen LogP contribution < -0.4 is 5.32 Å². The molecule has 0 aliphatic rings. The van der Waals surface area contributed by atoms with Crippen molar-refractivity contribution < 1.29 is 19.1 Å². The van der Waals surface area contributed by atoms with Gasteiger partial charge in [0.15, 0.2) is 0 Å². The number of furan rings is 1. The summed E-state index contributed by atoms with van der Waals surface area (Å²) in [6.45, 7) is 6.72. The molecule has 0 aliphatic heterocycles. The third-order valence-electron chi connectivity index (χ3n) is 2.13. The highest BCUT2D eigenvalue weighted by atomic mass is 16.5. The molecule has 0 spiro atoms. The van der Waals surface area contributed by atoms with Crippen LogP contribution in [0.25, 0.3) is 0 Å². The van der Waals surface area contributed by atoms with Gasteiger partial charge in [-0.1, -0.05) is 13.8 Å². The summed E-state index contributed by atoms with van der Waals surface area (Å²) >= 11 is 0. The van der Waals surface area contributed by atoms with E-state index in [2.05, 4.69) is 19.2 Å². The molecule has 0 fully saturated rings. The Morgan fingerprint density at radius 1 is 1.59 bits per heavy atom. The molecule has 0 radical (unpaired) electrons. The first kappa shape index (κ1) is 13.7. The summed E-state index contributed by atoms with van der Waals surface area (Å²) < 4.78 is 10.3. The van der Waals surface area contributed by atoms with Gasteiger partial charge in [-0.05, 0) is 12.0 Å². The highest BCUT2D eigenvalue weighted by Gasteiger charge is 2.12. The Bertz CT molecular complexity index is 346. The molecule has 2 N–H and O–H groups in total. The van der Waals surface area contributed by atoms with Crippen LogP contribution in [0, 0.1) is 5.92 Å². The van der Waals surface area contributed by atoms with Gasteiger partial charge in [0.05, 0.1) is 12.9 Å². The van der Waals surface area contributed by atoms with Gasteiger partial charge in [-0.3, -0.25) is 0 Å². The van der Waals surface area contributed by atoms with Crippen LogP contribution >= 0.6 is 0 Å². The highest BCUT2D eigenvalue weighted by molar-refractivity contribution is 5.86. The quantitative estimate of drug-likeness (QED) is 0.678. The lowest BCUT2D eigenvalue weighted by molar-refractivity contribution is 0.0660. The largest absolute Gasteiger partial charge is 0.475 e. The van der Waals surface area contributed by atoms with Gasteiger partial charge in [0, 0.05) is 25.3 Å². The SMILES string of the molecule is CC(C)COCCNCc1ccoc1C(=O)O. The number of rotatable bonds is 8. The Hall–Kier alpha value is -1.33. The van der Waals surface area contributed by atoms with Crippen molar-refractivity contribution in [3.63, 3.8) is 0 Å². The van der Waals surface area contributed by atoms with Crippen LogP contribution in [0.5, 0.6) is 0 Å². The molecule has 1 aromatic rings. The van der Waals surface area contributed by atoms with Crippen molar-refractivity contribution in [1.82, 2.24) is 5.32 Å². The molecule has 0 saturated carbocycles. The summed E-state index contributed by atoms with van der Waals surface area (Å²) in [5, 5.41) is 11.9. The van der Waals surface area contributed by atoms with Crippen LogP contribution in [0.4, 0.5) is 0 Å².